The van der Waals surface area contributed by atoms with Crippen molar-refractivity contribution in [3.05, 3.63) is 88.4 Å². The maximum Gasteiger partial charge on any atom is 0.338 e. The molecule has 2 amide bonds. The molecule has 0 aromatic heterocycles. The Hall–Kier alpha value is -3.82. The lowest BCUT2D eigenvalue weighted by Crippen LogP contribution is -2.46. The Kier molecular flexibility index (Phi) is 9.84. The number of anilines is 1. The lowest BCUT2D eigenvalue weighted by molar-refractivity contribution is -0.129. The van der Waals surface area contributed by atoms with E-state index < -0.39 is 11.2 Å². The molecule has 3 aromatic carbocycles. The van der Waals surface area contributed by atoms with E-state index in [1.54, 1.807) is 55.3 Å². The molecule has 1 atom stereocenters. The van der Waals surface area contributed by atoms with Crippen LogP contribution in [0.3, 0.4) is 0 Å². The molecular formula is C30H30ClN3O5S. The van der Waals surface area contributed by atoms with Crippen LogP contribution in [0.1, 0.15) is 34.8 Å². The SMILES string of the molecule is CCOC(=O)c1ccc(N=C2SC(C(=O)Nc3ccc(C)c(Cl)c3)CC(=O)N2CCc2ccc(OC)cc2)cc1. The van der Waals surface area contributed by atoms with Gasteiger partial charge in [0.05, 0.1) is 25.0 Å². The fourth-order valence-corrected chi connectivity index (χ4v) is 5.29. The van der Waals surface area contributed by atoms with E-state index in [0.717, 1.165) is 16.9 Å². The Labute approximate surface area is 242 Å². The molecule has 0 spiro atoms. The zero-order valence-corrected chi connectivity index (χ0v) is 24.1. The average Bonchev–Trinajstić information content (AvgIpc) is 2.95. The largest absolute Gasteiger partial charge is 0.497 e. The number of aliphatic imine (C=N–C) groups is 1. The van der Waals surface area contributed by atoms with Crippen LogP contribution in [0.15, 0.2) is 71.7 Å². The number of esters is 1. The normalized spacial score (nSPS) is 16.1. The number of aryl methyl sites for hydroxylation is 1. The molecule has 0 radical (unpaired) electrons. The van der Waals surface area contributed by atoms with Gasteiger partial charge in [0.25, 0.3) is 0 Å². The van der Waals surface area contributed by atoms with Crippen LogP contribution >= 0.6 is 23.4 Å². The summed E-state index contributed by atoms with van der Waals surface area (Å²) in [6.07, 6.45) is 0.620. The molecule has 208 valence electrons. The monoisotopic (exact) mass is 579 g/mol. The van der Waals surface area contributed by atoms with Crippen molar-refractivity contribution in [2.24, 2.45) is 4.99 Å². The number of hydrogen-bond acceptors (Lipinski definition) is 7. The maximum absolute atomic E-state index is 13.3. The second-order valence-electron chi connectivity index (χ2n) is 9.07. The van der Waals surface area contributed by atoms with Gasteiger partial charge in [-0.05, 0) is 79.9 Å². The van der Waals surface area contributed by atoms with Crippen molar-refractivity contribution in [3.8, 4) is 5.75 Å². The number of amidine groups is 1. The third-order valence-electron chi connectivity index (χ3n) is 6.26. The zero-order valence-electron chi connectivity index (χ0n) is 22.5. The smallest absolute Gasteiger partial charge is 0.338 e. The molecule has 1 N–H and O–H groups in total. The van der Waals surface area contributed by atoms with Gasteiger partial charge in [-0.1, -0.05) is 41.6 Å². The number of nitrogens with zero attached hydrogens (tertiary/aromatic N) is 2. The summed E-state index contributed by atoms with van der Waals surface area (Å²) in [5.41, 5.74) is 3.45. The molecule has 1 aliphatic heterocycles. The first-order valence-corrected chi connectivity index (χ1v) is 14.1. The second kappa shape index (κ2) is 13.5. The Bertz CT molecular complexity index is 1410. The average molecular weight is 580 g/mol. The molecule has 0 saturated carbocycles. The van der Waals surface area contributed by atoms with Crippen LogP contribution in [-0.2, 0) is 20.7 Å². The molecule has 0 bridgehead atoms. The van der Waals surface area contributed by atoms with Gasteiger partial charge in [0.2, 0.25) is 11.8 Å². The number of methoxy groups -OCH3 is 1. The Morgan fingerprint density at radius 2 is 1.82 bits per heavy atom. The Balaban J connectivity index is 1.56. The van der Waals surface area contributed by atoms with Crippen molar-refractivity contribution in [3.63, 3.8) is 0 Å². The number of rotatable bonds is 9. The van der Waals surface area contributed by atoms with Crippen LogP contribution in [0.2, 0.25) is 5.02 Å². The predicted octanol–water partition coefficient (Wildman–Crippen LogP) is 6.04. The summed E-state index contributed by atoms with van der Waals surface area (Å²) in [6.45, 7) is 4.30. The van der Waals surface area contributed by atoms with Gasteiger partial charge in [0, 0.05) is 23.7 Å². The third-order valence-corrected chi connectivity index (χ3v) is 7.85. The summed E-state index contributed by atoms with van der Waals surface area (Å²) >= 11 is 7.45. The van der Waals surface area contributed by atoms with Crippen LogP contribution in [-0.4, -0.2) is 53.4 Å². The van der Waals surface area contributed by atoms with Gasteiger partial charge in [0.1, 0.15) is 11.0 Å². The quantitative estimate of drug-likeness (QED) is 0.311. The third kappa shape index (κ3) is 7.43. The van der Waals surface area contributed by atoms with E-state index in [4.69, 9.17) is 26.1 Å². The van der Waals surface area contributed by atoms with Crippen molar-refractivity contribution in [2.75, 3.05) is 25.6 Å². The Morgan fingerprint density at radius 3 is 2.48 bits per heavy atom. The first-order chi connectivity index (χ1) is 19.3. The molecule has 40 heavy (non-hydrogen) atoms. The number of carbonyl (C=O) groups excluding carboxylic acids is 3. The fourth-order valence-electron chi connectivity index (χ4n) is 3.98. The standard InChI is InChI=1S/C30H30ClN3O5S/c1-4-39-29(37)21-8-11-22(12-9-21)33-30-34(16-15-20-6-13-24(38-3)14-7-20)27(35)18-26(40-30)28(36)32-23-10-5-19(2)25(31)17-23/h5-14,17,26H,4,15-16,18H2,1-3H3,(H,32,36). The van der Waals surface area contributed by atoms with E-state index in [9.17, 15) is 14.4 Å². The minimum absolute atomic E-state index is 0.0273. The molecule has 0 aliphatic carbocycles. The molecule has 8 nitrogen and oxygen atoms in total. The van der Waals surface area contributed by atoms with Crippen LogP contribution in [0.25, 0.3) is 0 Å². The van der Waals surface area contributed by atoms with Crippen molar-refractivity contribution >= 4 is 57.7 Å². The number of halogens is 1. The van der Waals surface area contributed by atoms with Crippen molar-refractivity contribution in [2.45, 2.75) is 31.9 Å². The van der Waals surface area contributed by atoms with E-state index >= 15 is 0 Å². The van der Waals surface area contributed by atoms with Gasteiger partial charge < -0.3 is 14.8 Å². The van der Waals surface area contributed by atoms with Crippen LogP contribution in [0, 0.1) is 6.92 Å². The van der Waals surface area contributed by atoms with Crippen LogP contribution in [0.4, 0.5) is 11.4 Å². The fraction of sp³-hybridized carbons (Fsp3) is 0.267. The highest BCUT2D eigenvalue weighted by Gasteiger charge is 2.36. The molecular weight excluding hydrogens is 550 g/mol. The summed E-state index contributed by atoms with van der Waals surface area (Å²) in [5.74, 6) is -0.168. The number of hydrogen-bond donors (Lipinski definition) is 1. The molecule has 1 saturated heterocycles. The van der Waals surface area contributed by atoms with Crippen LogP contribution < -0.4 is 10.1 Å². The number of benzene rings is 3. The lowest BCUT2D eigenvalue weighted by atomic mass is 10.1. The molecule has 1 fully saturated rings. The number of ether oxygens (including phenoxy) is 2. The molecule has 1 unspecified atom stereocenters. The Morgan fingerprint density at radius 1 is 1.10 bits per heavy atom. The molecule has 4 rings (SSSR count). The van der Waals surface area contributed by atoms with Gasteiger partial charge in [-0.3, -0.25) is 14.5 Å². The van der Waals surface area contributed by atoms with Gasteiger partial charge in [-0.15, -0.1) is 0 Å². The maximum atomic E-state index is 13.3. The van der Waals surface area contributed by atoms with Gasteiger partial charge in [-0.25, -0.2) is 9.79 Å². The van der Waals surface area contributed by atoms with Gasteiger partial charge in [0.15, 0.2) is 5.17 Å². The number of carbonyl (C=O) groups is 3. The first-order valence-electron chi connectivity index (χ1n) is 12.8. The van der Waals surface area contributed by atoms with E-state index in [1.807, 2.05) is 37.3 Å². The highest BCUT2D eigenvalue weighted by atomic mass is 35.5. The summed E-state index contributed by atoms with van der Waals surface area (Å²) in [5, 5.41) is 3.15. The highest BCUT2D eigenvalue weighted by molar-refractivity contribution is 8.15. The first kappa shape index (κ1) is 29.2. The van der Waals surface area contributed by atoms with Crippen molar-refractivity contribution < 1.29 is 23.9 Å². The van der Waals surface area contributed by atoms with Crippen molar-refractivity contribution in [1.29, 1.82) is 0 Å². The topological polar surface area (TPSA) is 97.3 Å². The predicted molar refractivity (Wildman–Crippen MR) is 159 cm³/mol. The van der Waals surface area contributed by atoms with Crippen LogP contribution in [0.5, 0.6) is 5.75 Å². The van der Waals surface area contributed by atoms with Gasteiger partial charge >= 0.3 is 5.97 Å². The van der Waals surface area contributed by atoms with E-state index in [1.165, 1.54) is 11.8 Å². The summed E-state index contributed by atoms with van der Waals surface area (Å²) in [4.78, 5) is 44.9. The van der Waals surface area contributed by atoms with E-state index in [2.05, 4.69) is 5.32 Å². The summed E-state index contributed by atoms with van der Waals surface area (Å²) in [7, 11) is 1.61. The van der Waals surface area contributed by atoms with Gasteiger partial charge in [-0.2, -0.15) is 0 Å². The summed E-state index contributed by atoms with van der Waals surface area (Å²) in [6, 6.07) is 19.6. The molecule has 1 aliphatic rings. The number of thioether (sulfide) groups is 1. The van der Waals surface area contributed by atoms with E-state index in [-0.39, 0.29) is 24.8 Å². The molecule has 10 heteroatoms. The van der Waals surface area contributed by atoms with E-state index in [0.29, 0.717) is 40.1 Å². The molecule has 1 heterocycles. The second-order valence-corrected chi connectivity index (χ2v) is 10.6. The summed E-state index contributed by atoms with van der Waals surface area (Å²) < 4.78 is 10.3. The number of amides is 2. The van der Waals surface area contributed by atoms with Crippen molar-refractivity contribution in [1.82, 2.24) is 4.90 Å². The zero-order chi connectivity index (χ0) is 28.6. The minimum atomic E-state index is -0.678. The highest BCUT2D eigenvalue weighted by Crippen LogP contribution is 2.31. The molecule has 3 aromatic rings. The minimum Gasteiger partial charge on any atom is -0.497 e. The number of nitrogens with one attached hydrogen (secondary N) is 1. The lowest BCUT2D eigenvalue weighted by Gasteiger charge is -2.32.